The van der Waals surface area contributed by atoms with Crippen molar-refractivity contribution in [3.05, 3.63) is 25.3 Å². The summed E-state index contributed by atoms with van der Waals surface area (Å²) < 4.78 is -0.691. The van der Waals surface area contributed by atoms with E-state index in [4.69, 9.17) is 0 Å². The number of likely N-dealkylation sites (tertiary alicyclic amines) is 1. The first-order valence-corrected chi connectivity index (χ1v) is 16.5. The lowest BCUT2D eigenvalue weighted by Crippen LogP contribution is -2.62. The number of fused-ring (bicyclic) bond motifs is 1. The molecule has 7 nitrogen and oxygen atoms in total. The van der Waals surface area contributed by atoms with Crippen molar-refractivity contribution in [3.63, 3.8) is 0 Å². The Morgan fingerprint density at radius 2 is 1.78 bits per heavy atom. The van der Waals surface area contributed by atoms with Gasteiger partial charge in [-0.2, -0.15) is 0 Å². The summed E-state index contributed by atoms with van der Waals surface area (Å²) in [5.41, 5.74) is -0.512. The SMILES string of the molecule is C=CCN(CCC)C(=O)[C@@H]1[C@@H]2CCC3(S2)C(C(=O)N(CC=C)C(C)(C)CC(C)(C)C)N([C@@H](CO)[C@@H](C)CC)C(=O)[C@H]13. The molecule has 3 amide bonds. The Bertz CT molecular complexity index is 1010. The van der Waals surface area contributed by atoms with E-state index < -0.39 is 34.2 Å². The van der Waals surface area contributed by atoms with Crippen LogP contribution in [-0.2, 0) is 14.4 Å². The predicted octanol–water partition coefficient (Wildman–Crippen LogP) is 5.14. The molecule has 8 heteroatoms. The molecule has 0 aliphatic carbocycles. The Morgan fingerprint density at radius 3 is 2.29 bits per heavy atom. The number of amides is 3. The number of carbonyl (C=O) groups is 3. The molecule has 1 spiro atoms. The molecule has 3 fully saturated rings. The number of thioether (sulfide) groups is 1. The summed E-state index contributed by atoms with van der Waals surface area (Å²) in [5, 5.41) is 10.7. The van der Waals surface area contributed by atoms with Gasteiger partial charge >= 0.3 is 0 Å². The molecule has 0 saturated carbocycles. The Kier molecular flexibility index (Phi) is 10.5. The first-order valence-electron chi connectivity index (χ1n) is 15.6. The number of aliphatic hydroxyl groups excluding tert-OH is 1. The van der Waals surface area contributed by atoms with E-state index in [0.717, 1.165) is 25.7 Å². The first kappa shape index (κ1) is 33.7. The summed E-state index contributed by atoms with van der Waals surface area (Å²) >= 11 is 1.70. The lowest BCUT2D eigenvalue weighted by atomic mass is 9.70. The second-order valence-corrected chi connectivity index (χ2v) is 15.9. The fraction of sp³-hybridized carbons (Fsp3) is 0.788. The van der Waals surface area contributed by atoms with E-state index in [2.05, 4.69) is 47.8 Å². The molecule has 3 heterocycles. The van der Waals surface area contributed by atoms with Gasteiger partial charge in [-0.05, 0) is 50.9 Å². The molecule has 232 valence electrons. The zero-order chi connectivity index (χ0) is 30.9. The van der Waals surface area contributed by atoms with E-state index in [1.54, 1.807) is 28.8 Å². The first-order chi connectivity index (χ1) is 19.1. The molecule has 41 heavy (non-hydrogen) atoms. The van der Waals surface area contributed by atoms with Gasteiger partial charge in [0.25, 0.3) is 0 Å². The van der Waals surface area contributed by atoms with Gasteiger partial charge in [-0.3, -0.25) is 14.4 Å². The summed E-state index contributed by atoms with van der Waals surface area (Å²) in [5.74, 6) is -1.28. The molecule has 0 radical (unpaired) electrons. The number of hydrogen-bond donors (Lipinski definition) is 1. The quantitative estimate of drug-likeness (QED) is 0.284. The van der Waals surface area contributed by atoms with Crippen LogP contribution in [0, 0.1) is 23.2 Å². The summed E-state index contributed by atoms with van der Waals surface area (Å²) in [6.07, 6.45) is 7.38. The highest BCUT2D eigenvalue weighted by atomic mass is 32.2. The van der Waals surface area contributed by atoms with Crippen LogP contribution in [0.4, 0.5) is 0 Å². The van der Waals surface area contributed by atoms with Gasteiger partial charge in [0.1, 0.15) is 6.04 Å². The van der Waals surface area contributed by atoms with Crippen LogP contribution in [0.2, 0.25) is 0 Å². The molecule has 3 saturated heterocycles. The molecule has 0 aromatic heterocycles. The van der Waals surface area contributed by atoms with E-state index in [0.29, 0.717) is 26.1 Å². The molecule has 3 aliphatic heterocycles. The molecule has 1 N–H and O–H groups in total. The van der Waals surface area contributed by atoms with Crippen molar-refractivity contribution in [1.29, 1.82) is 0 Å². The molecule has 7 atom stereocenters. The zero-order valence-corrected chi connectivity index (χ0v) is 27.6. The van der Waals surface area contributed by atoms with Gasteiger partial charge in [0.05, 0.1) is 29.2 Å². The van der Waals surface area contributed by atoms with Crippen LogP contribution in [0.25, 0.3) is 0 Å². The van der Waals surface area contributed by atoms with Crippen molar-refractivity contribution in [3.8, 4) is 0 Å². The second-order valence-electron chi connectivity index (χ2n) is 14.3. The monoisotopic (exact) mass is 589 g/mol. The molecular formula is C33H55N3O4S. The minimum Gasteiger partial charge on any atom is -0.394 e. The summed E-state index contributed by atoms with van der Waals surface area (Å²) in [7, 11) is 0. The lowest BCUT2D eigenvalue weighted by Gasteiger charge is -2.47. The zero-order valence-electron chi connectivity index (χ0n) is 26.8. The maximum atomic E-state index is 15.0. The second kappa shape index (κ2) is 12.8. The van der Waals surface area contributed by atoms with Gasteiger partial charge in [-0.25, -0.2) is 0 Å². The summed E-state index contributed by atoms with van der Waals surface area (Å²) in [4.78, 5) is 49.2. The normalized spacial score (nSPS) is 28.8. The molecule has 2 bridgehead atoms. The highest BCUT2D eigenvalue weighted by Gasteiger charge is 2.75. The van der Waals surface area contributed by atoms with Gasteiger partial charge in [-0.1, -0.05) is 60.1 Å². The van der Waals surface area contributed by atoms with E-state index >= 15 is 0 Å². The average Bonchev–Trinajstić information content (AvgIpc) is 3.53. The minimum absolute atomic E-state index is 0.00127. The summed E-state index contributed by atoms with van der Waals surface area (Å²) in [6, 6.07) is -1.23. The number of aliphatic hydroxyl groups is 1. The van der Waals surface area contributed by atoms with Crippen LogP contribution in [0.15, 0.2) is 25.3 Å². The van der Waals surface area contributed by atoms with Crippen molar-refractivity contribution in [2.75, 3.05) is 26.2 Å². The minimum atomic E-state index is -0.739. The largest absolute Gasteiger partial charge is 0.394 e. The van der Waals surface area contributed by atoms with Crippen LogP contribution < -0.4 is 0 Å². The molecule has 0 aromatic carbocycles. The van der Waals surface area contributed by atoms with Crippen molar-refractivity contribution in [1.82, 2.24) is 14.7 Å². The van der Waals surface area contributed by atoms with Crippen molar-refractivity contribution in [2.45, 2.75) is 115 Å². The smallest absolute Gasteiger partial charge is 0.247 e. The number of rotatable bonds is 14. The Labute approximate surface area is 253 Å². The third-order valence-electron chi connectivity index (χ3n) is 9.53. The van der Waals surface area contributed by atoms with Crippen LogP contribution in [0.3, 0.4) is 0 Å². The number of hydrogen-bond acceptors (Lipinski definition) is 5. The summed E-state index contributed by atoms with van der Waals surface area (Å²) in [6.45, 7) is 25.9. The standard InChI is InChI=1S/C33H55N3O4S/c1-11-17-34(18-12-2)28(38)25-24-15-16-33(41-24)26(25)29(39)36(23(20-37)22(5)14-4)27(33)30(40)35(19-13-3)32(9,10)21-31(6,7)8/h11,13,22-27,37H,1,3,12,14-21H2,2,4-10H3/t22-,23-,24-,25+,26-,27?,33?/m0/s1. The van der Waals surface area contributed by atoms with E-state index in [9.17, 15) is 19.5 Å². The third kappa shape index (κ3) is 6.15. The topological polar surface area (TPSA) is 81.2 Å². The fourth-order valence-corrected chi connectivity index (χ4v) is 10.2. The Balaban J connectivity index is 2.17. The van der Waals surface area contributed by atoms with Gasteiger partial charge < -0.3 is 19.8 Å². The molecule has 2 unspecified atom stereocenters. The van der Waals surface area contributed by atoms with Gasteiger partial charge in [-0.15, -0.1) is 24.9 Å². The Morgan fingerprint density at radius 1 is 1.15 bits per heavy atom. The number of carbonyl (C=O) groups excluding carboxylic acids is 3. The predicted molar refractivity (Wildman–Crippen MR) is 168 cm³/mol. The van der Waals surface area contributed by atoms with Crippen molar-refractivity contribution in [2.24, 2.45) is 23.2 Å². The van der Waals surface area contributed by atoms with E-state index in [1.807, 2.05) is 30.6 Å². The van der Waals surface area contributed by atoms with Crippen LogP contribution >= 0.6 is 11.8 Å². The third-order valence-corrected chi connectivity index (χ3v) is 11.5. The van der Waals surface area contributed by atoms with Crippen molar-refractivity contribution >= 4 is 29.5 Å². The fourth-order valence-electron chi connectivity index (χ4n) is 8.06. The average molecular weight is 590 g/mol. The van der Waals surface area contributed by atoms with Gasteiger partial charge in [0.2, 0.25) is 17.7 Å². The van der Waals surface area contributed by atoms with Crippen LogP contribution in [0.1, 0.15) is 87.5 Å². The Hall–Kier alpha value is -1.80. The van der Waals surface area contributed by atoms with E-state index in [1.165, 1.54) is 0 Å². The molecule has 3 aliphatic rings. The highest BCUT2D eigenvalue weighted by molar-refractivity contribution is 8.02. The lowest BCUT2D eigenvalue weighted by molar-refractivity contribution is -0.150. The number of nitrogens with zero attached hydrogens (tertiary/aromatic N) is 3. The molecule has 0 aromatic rings. The van der Waals surface area contributed by atoms with Crippen molar-refractivity contribution < 1.29 is 19.5 Å². The van der Waals surface area contributed by atoms with Crippen LogP contribution in [0.5, 0.6) is 0 Å². The maximum absolute atomic E-state index is 15.0. The van der Waals surface area contributed by atoms with Crippen LogP contribution in [-0.4, -0.2) is 91.4 Å². The molecular weight excluding hydrogens is 534 g/mol. The van der Waals surface area contributed by atoms with Gasteiger partial charge in [0.15, 0.2) is 0 Å². The molecule has 3 rings (SSSR count). The maximum Gasteiger partial charge on any atom is 0.247 e. The van der Waals surface area contributed by atoms with E-state index in [-0.39, 0.29) is 40.9 Å². The highest BCUT2D eigenvalue weighted by Crippen LogP contribution is 2.67. The van der Waals surface area contributed by atoms with Gasteiger partial charge in [0, 0.05) is 30.4 Å².